The van der Waals surface area contributed by atoms with Gasteiger partial charge in [-0.1, -0.05) is 24.4 Å². The van der Waals surface area contributed by atoms with Crippen LogP contribution in [-0.4, -0.2) is 21.4 Å². The van der Waals surface area contributed by atoms with Gasteiger partial charge in [0.25, 0.3) is 5.89 Å². The van der Waals surface area contributed by atoms with E-state index in [0.29, 0.717) is 24.1 Å². The zero-order valence-electron chi connectivity index (χ0n) is 13.9. The van der Waals surface area contributed by atoms with Crippen molar-refractivity contribution in [1.29, 1.82) is 0 Å². The van der Waals surface area contributed by atoms with Crippen molar-refractivity contribution in [3.05, 3.63) is 30.2 Å². The first kappa shape index (κ1) is 16.6. The summed E-state index contributed by atoms with van der Waals surface area (Å²) in [5.74, 6) is 2.48. The van der Waals surface area contributed by atoms with Gasteiger partial charge in [0.05, 0.1) is 6.61 Å². The molecule has 0 saturated heterocycles. The zero-order chi connectivity index (χ0) is 17.1. The standard InChI is InChI=1S/C18H20BrN3O3/c19-16-10-15(25-22-16)18-21-20-17(24-18)13-6-8-14(9-7-13)23-11-12-4-2-1-3-5-12/h6-9,12,15H,1-5,10-11H2. The molecule has 0 amide bonds. The van der Waals surface area contributed by atoms with Gasteiger partial charge >= 0.3 is 0 Å². The number of ether oxygens (including phenoxy) is 1. The number of benzene rings is 1. The Balaban J connectivity index is 1.36. The molecule has 1 aromatic heterocycles. The van der Waals surface area contributed by atoms with Gasteiger partial charge in [0, 0.05) is 12.0 Å². The van der Waals surface area contributed by atoms with E-state index >= 15 is 0 Å². The first-order chi connectivity index (χ1) is 12.3. The highest BCUT2D eigenvalue weighted by Crippen LogP contribution is 2.30. The monoisotopic (exact) mass is 405 g/mol. The number of hydrogen-bond donors (Lipinski definition) is 0. The van der Waals surface area contributed by atoms with Gasteiger partial charge in [0.1, 0.15) is 10.4 Å². The summed E-state index contributed by atoms with van der Waals surface area (Å²) in [5.41, 5.74) is 0.863. The molecule has 6 nitrogen and oxygen atoms in total. The van der Waals surface area contributed by atoms with E-state index < -0.39 is 0 Å². The van der Waals surface area contributed by atoms with Crippen molar-refractivity contribution >= 4 is 20.6 Å². The van der Waals surface area contributed by atoms with Crippen LogP contribution in [0.25, 0.3) is 11.5 Å². The summed E-state index contributed by atoms with van der Waals surface area (Å²) in [6.07, 6.45) is 6.89. The maximum Gasteiger partial charge on any atom is 0.260 e. The van der Waals surface area contributed by atoms with Crippen molar-refractivity contribution in [3.63, 3.8) is 0 Å². The van der Waals surface area contributed by atoms with E-state index in [0.717, 1.165) is 22.5 Å². The van der Waals surface area contributed by atoms with Crippen molar-refractivity contribution < 1.29 is 14.0 Å². The number of aromatic nitrogens is 2. The fraction of sp³-hybridized carbons (Fsp3) is 0.500. The van der Waals surface area contributed by atoms with E-state index in [-0.39, 0.29) is 6.10 Å². The number of rotatable bonds is 5. The molecule has 0 spiro atoms. The Morgan fingerprint density at radius 2 is 1.88 bits per heavy atom. The van der Waals surface area contributed by atoms with Crippen LogP contribution in [0, 0.1) is 5.92 Å². The maximum absolute atomic E-state index is 5.93. The van der Waals surface area contributed by atoms with E-state index in [9.17, 15) is 0 Å². The molecule has 1 fully saturated rings. The molecule has 0 bridgehead atoms. The van der Waals surface area contributed by atoms with Crippen LogP contribution in [0.2, 0.25) is 0 Å². The van der Waals surface area contributed by atoms with Gasteiger partial charge in [-0.2, -0.15) is 0 Å². The van der Waals surface area contributed by atoms with Crippen LogP contribution < -0.4 is 4.74 Å². The van der Waals surface area contributed by atoms with Gasteiger partial charge in [0.2, 0.25) is 12.0 Å². The second-order valence-corrected chi connectivity index (χ2v) is 7.47. The number of nitrogens with zero attached hydrogens (tertiary/aromatic N) is 3. The average Bonchev–Trinajstić information content (AvgIpc) is 3.30. The second-order valence-electron chi connectivity index (χ2n) is 6.55. The Hall–Kier alpha value is -1.89. The van der Waals surface area contributed by atoms with Crippen molar-refractivity contribution in [1.82, 2.24) is 10.2 Å². The number of oxime groups is 1. The highest BCUT2D eigenvalue weighted by atomic mass is 79.9. The molecule has 1 aromatic carbocycles. The molecule has 0 radical (unpaired) electrons. The van der Waals surface area contributed by atoms with E-state index in [1.807, 2.05) is 24.3 Å². The quantitative estimate of drug-likeness (QED) is 0.709. The molecule has 2 aromatic rings. The lowest BCUT2D eigenvalue weighted by atomic mass is 9.90. The normalized spacial score (nSPS) is 21.0. The Labute approximate surface area is 154 Å². The van der Waals surface area contributed by atoms with Gasteiger partial charge in [-0.25, -0.2) is 0 Å². The lowest BCUT2D eigenvalue weighted by molar-refractivity contribution is 0.0651. The zero-order valence-corrected chi connectivity index (χ0v) is 15.4. The van der Waals surface area contributed by atoms with Crippen LogP contribution in [0.3, 0.4) is 0 Å². The molecule has 1 aliphatic heterocycles. The third-order valence-corrected chi connectivity index (χ3v) is 5.13. The highest BCUT2D eigenvalue weighted by molar-refractivity contribution is 9.18. The van der Waals surface area contributed by atoms with Crippen LogP contribution in [0.15, 0.2) is 33.8 Å². The molecule has 1 aliphatic carbocycles. The minimum Gasteiger partial charge on any atom is -0.493 e. The molecular formula is C18H20BrN3O3. The molecule has 2 aliphatic rings. The summed E-state index contributed by atoms with van der Waals surface area (Å²) < 4.78 is 12.4. The topological polar surface area (TPSA) is 69.7 Å². The first-order valence-electron chi connectivity index (χ1n) is 8.73. The van der Waals surface area contributed by atoms with Crippen LogP contribution in [0.5, 0.6) is 5.75 Å². The first-order valence-corrected chi connectivity index (χ1v) is 9.52. The number of halogens is 1. The Kier molecular flexibility index (Phi) is 5.01. The molecule has 0 N–H and O–H groups in total. The predicted molar refractivity (Wildman–Crippen MR) is 96.6 cm³/mol. The molecule has 7 heteroatoms. The molecular weight excluding hydrogens is 386 g/mol. The smallest absolute Gasteiger partial charge is 0.260 e. The minimum atomic E-state index is -0.311. The summed E-state index contributed by atoms with van der Waals surface area (Å²) in [7, 11) is 0. The van der Waals surface area contributed by atoms with Gasteiger partial charge in [-0.15, -0.1) is 10.2 Å². The SMILES string of the molecule is BrC1=NOC(c2nnc(-c3ccc(OCC4CCCCC4)cc3)o2)C1. The lowest BCUT2D eigenvalue weighted by Gasteiger charge is -2.21. The second kappa shape index (κ2) is 7.56. The third-order valence-electron chi connectivity index (χ3n) is 4.66. The summed E-state index contributed by atoms with van der Waals surface area (Å²) in [4.78, 5) is 5.23. The predicted octanol–water partition coefficient (Wildman–Crippen LogP) is 4.87. The maximum atomic E-state index is 5.93. The van der Waals surface area contributed by atoms with Crippen LogP contribution >= 0.6 is 15.9 Å². The molecule has 132 valence electrons. The van der Waals surface area contributed by atoms with Gasteiger partial charge < -0.3 is 14.0 Å². The Morgan fingerprint density at radius 3 is 2.60 bits per heavy atom. The van der Waals surface area contributed by atoms with Crippen molar-refractivity contribution in [2.24, 2.45) is 11.1 Å². The Morgan fingerprint density at radius 1 is 1.08 bits per heavy atom. The average molecular weight is 406 g/mol. The largest absolute Gasteiger partial charge is 0.493 e. The van der Waals surface area contributed by atoms with Crippen LogP contribution in [-0.2, 0) is 4.84 Å². The fourth-order valence-corrected chi connectivity index (χ4v) is 3.60. The van der Waals surface area contributed by atoms with Crippen molar-refractivity contribution in [2.75, 3.05) is 6.61 Å². The minimum absolute atomic E-state index is 0.311. The van der Waals surface area contributed by atoms with Crippen molar-refractivity contribution in [3.8, 4) is 17.2 Å². The van der Waals surface area contributed by atoms with Gasteiger partial charge in [-0.05, 0) is 59.0 Å². The summed E-state index contributed by atoms with van der Waals surface area (Å²) in [5, 5.41) is 12.0. The van der Waals surface area contributed by atoms with Crippen LogP contribution in [0.4, 0.5) is 0 Å². The van der Waals surface area contributed by atoms with Crippen molar-refractivity contribution in [2.45, 2.75) is 44.6 Å². The molecule has 4 rings (SSSR count). The van der Waals surface area contributed by atoms with E-state index in [1.54, 1.807) is 0 Å². The van der Waals surface area contributed by atoms with E-state index in [2.05, 4.69) is 31.3 Å². The summed E-state index contributed by atoms with van der Waals surface area (Å²) in [6, 6.07) is 7.78. The van der Waals surface area contributed by atoms with Crippen LogP contribution in [0.1, 0.15) is 50.5 Å². The number of hydrogen-bond acceptors (Lipinski definition) is 6. The summed E-state index contributed by atoms with van der Waals surface area (Å²) >= 11 is 3.30. The molecule has 1 unspecified atom stereocenters. The lowest BCUT2D eigenvalue weighted by Crippen LogP contribution is -2.15. The molecule has 2 heterocycles. The molecule has 25 heavy (non-hydrogen) atoms. The Bertz CT molecular complexity index is 738. The third kappa shape index (κ3) is 4.03. The highest BCUT2D eigenvalue weighted by Gasteiger charge is 2.27. The van der Waals surface area contributed by atoms with Gasteiger partial charge in [0.15, 0.2) is 0 Å². The van der Waals surface area contributed by atoms with E-state index in [4.69, 9.17) is 14.0 Å². The fourth-order valence-electron chi connectivity index (χ4n) is 3.22. The summed E-state index contributed by atoms with van der Waals surface area (Å²) in [6.45, 7) is 0.804. The molecule has 1 atom stereocenters. The molecule has 1 saturated carbocycles. The van der Waals surface area contributed by atoms with E-state index in [1.165, 1.54) is 32.1 Å². The van der Waals surface area contributed by atoms with Gasteiger partial charge in [-0.3, -0.25) is 0 Å².